The van der Waals surface area contributed by atoms with Gasteiger partial charge in [-0.2, -0.15) is 0 Å². The van der Waals surface area contributed by atoms with Crippen molar-refractivity contribution in [2.24, 2.45) is 5.41 Å². The maximum atomic E-state index is 11.9. The molecule has 2 aromatic rings. The minimum absolute atomic E-state index is 0.0538. The van der Waals surface area contributed by atoms with Crippen molar-refractivity contribution in [2.75, 3.05) is 17.7 Å². The van der Waals surface area contributed by atoms with Crippen molar-refractivity contribution in [3.8, 4) is 5.75 Å². The van der Waals surface area contributed by atoms with Gasteiger partial charge in [0.05, 0.1) is 24.0 Å². The molecule has 0 unspecified atom stereocenters. The van der Waals surface area contributed by atoms with E-state index < -0.39 is 5.41 Å². The largest absolute Gasteiger partial charge is 0.495 e. The fourth-order valence-corrected chi connectivity index (χ4v) is 2.01. The second-order valence-corrected chi connectivity index (χ2v) is 6.52. The summed E-state index contributed by atoms with van der Waals surface area (Å²) >= 11 is 6.09. The van der Waals surface area contributed by atoms with E-state index >= 15 is 0 Å². The van der Waals surface area contributed by atoms with Gasteiger partial charge in [-0.3, -0.25) is 4.79 Å². The van der Waals surface area contributed by atoms with E-state index in [9.17, 15) is 4.79 Å². The van der Waals surface area contributed by atoms with Crippen LogP contribution in [0.5, 0.6) is 5.75 Å². The molecule has 0 saturated heterocycles. The van der Waals surface area contributed by atoms with Crippen LogP contribution in [-0.4, -0.2) is 18.0 Å². The molecule has 0 saturated carbocycles. The Morgan fingerprint density at radius 3 is 2.39 bits per heavy atom. The molecular weight excluding hydrogens is 314 g/mol. The van der Waals surface area contributed by atoms with E-state index in [0.29, 0.717) is 22.3 Å². The molecule has 0 spiro atoms. The fourth-order valence-electron chi connectivity index (χ4n) is 1.75. The van der Waals surface area contributed by atoms with Crippen LogP contribution in [0.1, 0.15) is 20.8 Å². The van der Waals surface area contributed by atoms with Gasteiger partial charge in [-0.1, -0.05) is 32.4 Å². The lowest BCUT2D eigenvalue weighted by Gasteiger charge is -2.17. The molecule has 122 valence electrons. The molecular formula is C17H20ClN3O2. The summed E-state index contributed by atoms with van der Waals surface area (Å²) in [5.74, 6) is 1.22. The quantitative estimate of drug-likeness (QED) is 0.866. The van der Waals surface area contributed by atoms with Crippen molar-refractivity contribution < 1.29 is 9.53 Å². The number of amides is 1. The molecule has 2 rings (SSSR count). The third kappa shape index (κ3) is 4.60. The Balaban J connectivity index is 2.05. The molecule has 1 aromatic carbocycles. The molecule has 0 bridgehead atoms. The molecule has 0 atom stereocenters. The molecule has 23 heavy (non-hydrogen) atoms. The summed E-state index contributed by atoms with van der Waals surface area (Å²) in [6.45, 7) is 5.58. The van der Waals surface area contributed by atoms with E-state index in [1.54, 1.807) is 37.6 Å². The molecule has 0 aliphatic carbocycles. The summed E-state index contributed by atoms with van der Waals surface area (Å²) in [6, 6.07) is 8.97. The number of rotatable bonds is 4. The highest BCUT2D eigenvalue weighted by Crippen LogP contribution is 2.28. The van der Waals surface area contributed by atoms with Crippen LogP contribution >= 0.6 is 11.6 Å². The Bertz CT molecular complexity index is 694. The number of ether oxygens (including phenoxy) is 1. The van der Waals surface area contributed by atoms with Gasteiger partial charge in [-0.05, 0) is 30.3 Å². The first-order chi connectivity index (χ1) is 10.8. The second kappa shape index (κ2) is 6.87. The standard InChI is InChI=1S/C17H20ClN3O2/c1-17(2,3)16(22)21-12-6-8-15(19-10-12)20-11-5-7-14(23-4)13(18)9-11/h5-10H,1-4H3,(H,19,20)(H,21,22). The normalized spacial score (nSPS) is 11.0. The SMILES string of the molecule is COc1ccc(Nc2ccc(NC(=O)C(C)(C)C)cn2)cc1Cl. The smallest absolute Gasteiger partial charge is 0.229 e. The zero-order chi connectivity index (χ0) is 17.0. The van der Waals surface area contributed by atoms with Crippen molar-refractivity contribution in [1.29, 1.82) is 0 Å². The highest BCUT2D eigenvalue weighted by molar-refractivity contribution is 6.32. The van der Waals surface area contributed by atoms with E-state index in [1.807, 2.05) is 26.8 Å². The molecule has 1 aromatic heterocycles. The van der Waals surface area contributed by atoms with Gasteiger partial charge in [0.15, 0.2) is 0 Å². The van der Waals surface area contributed by atoms with E-state index in [1.165, 1.54) is 0 Å². The number of methoxy groups -OCH3 is 1. The Labute approximate surface area is 141 Å². The Morgan fingerprint density at radius 2 is 1.87 bits per heavy atom. The van der Waals surface area contributed by atoms with E-state index in [4.69, 9.17) is 16.3 Å². The zero-order valence-electron chi connectivity index (χ0n) is 13.6. The molecule has 0 fully saturated rings. The summed E-state index contributed by atoms with van der Waals surface area (Å²) in [7, 11) is 1.57. The van der Waals surface area contributed by atoms with Crippen molar-refractivity contribution in [2.45, 2.75) is 20.8 Å². The number of carbonyl (C=O) groups excluding carboxylic acids is 1. The van der Waals surface area contributed by atoms with Gasteiger partial charge in [0.2, 0.25) is 5.91 Å². The number of halogens is 1. The van der Waals surface area contributed by atoms with Crippen LogP contribution < -0.4 is 15.4 Å². The molecule has 5 nitrogen and oxygen atoms in total. The van der Waals surface area contributed by atoms with Crippen molar-refractivity contribution in [1.82, 2.24) is 4.98 Å². The number of anilines is 3. The number of benzene rings is 1. The average molecular weight is 334 g/mol. The average Bonchev–Trinajstić information content (AvgIpc) is 2.48. The molecule has 0 radical (unpaired) electrons. The van der Waals surface area contributed by atoms with Gasteiger partial charge in [-0.15, -0.1) is 0 Å². The van der Waals surface area contributed by atoms with E-state index in [-0.39, 0.29) is 5.91 Å². The molecule has 2 N–H and O–H groups in total. The highest BCUT2D eigenvalue weighted by Gasteiger charge is 2.21. The van der Waals surface area contributed by atoms with Crippen molar-refractivity contribution in [3.63, 3.8) is 0 Å². The van der Waals surface area contributed by atoms with Gasteiger partial charge >= 0.3 is 0 Å². The van der Waals surface area contributed by atoms with E-state index in [0.717, 1.165) is 5.69 Å². The highest BCUT2D eigenvalue weighted by atomic mass is 35.5. The van der Waals surface area contributed by atoms with Gasteiger partial charge < -0.3 is 15.4 Å². The maximum Gasteiger partial charge on any atom is 0.229 e. The van der Waals surface area contributed by atoms with Crippen LogP contribution in [0, 0.1) is 5.41 Å². The van der Waals surface area contributed by atoms with Gasteiger partial charge in [0, 0.05) is 11.1 Å². The summed E-state index contributed by atoms with van der Waals surface area (Å²) in [5, 5.41) is 6.49. The molecule has 0 aliphatic heterocycles. The third-order valence-corrected chi connectivity index (χ3v) is 3.42. The fraction of sp³-hybridized carbons (Fsp3) is 0.294. The Hall–Kier alpha value is -2.27. The number of nitrogens with one attached hydrogen (secondary N) is 2. The minimum Gasteiger partial charge on any atom is -0.495 e. The van der Waals surface area contributed by atoms with Gasteiger partial charge in [0.25, 0.3) is 0 Å². The van der Waals surface area contributed by atoms with Crippen molar-refractivity contribution in [3.05, 3.63) is 41.6 Å². The summed E-state index contributed by atoms with van der Waals surface area (Å²) in [4.78, 5) is 16.2. The molecule has 6 heteroatoms. The first-order valence-corrected chi connectivity index (χ1v) is 7.55. The first kappa shape index (κ1) is 17.1. The number of carbonyl (C=O) groups is 1. The van der Waals surface area contributed by atoms with Crippen LogP contribution in [0.25, 0.3) is 0 Å². The van der Waals surface area contributed by atoms with E-state index in [2.05, 4.69) is 15.6 Å². The van der Waals surface area contributed by atoms with Gasteiger partial charge in [0.1, 0.15) is 11.6 Å². The number of aromatic nitrogens is 1. The lowest BCUT2D eigenvalue weighted by Crippen LogP contribution is -2.27. The van der Waals surface area contributed by atoms with Crippen LogP contribution in [0.4, 0.5) is 17.2 Å². The number of pyridine rings is 1. The maximum absolute atomic E-state index is 11.9. The van der Waals surface area contributed by atoms with Crippen molar-refractivity contribution >= 4 is 34.7 Å². The number of nitrogens with zero attached hydrogens (tertiary/aromatic N) is 1. The Morgan fingerprint density at radius 1 is 1.17 bits per heavy atom. The lowest BCUT2D eigenvalue weighted by molar-refractivity contribution is -0.123. The third-order valence-electron chi connectivity index (χ3n) is 3.13. The number of hydrogen-bond donors (Lipinski definition) is 2. The number of hydrogen-bond acceptors (Lipinski definition) is 4. The second-order valence-electron chi connectivity index (χ2n) is 6.11. The van der Waals surface area contributed by atoms with Crippen LogP contribution in [-0.2, 0) is 4.79 Å². The molecule has 1 heterocycles. The predicted molar refractivity (Wildman–Crippen MR) is 93.6 cm³/mol. The van der Waals surface area contributed by atoms with Crippen LogP contribution in [0.2, 0.25) is 5.02 Å². The van der Waals surface area contributed by atoms with Crippen LogP contribution in [0.3, 0.4) is 0 Å². The summed E-state index contributed by atoms with van der Waals surface area (Å²) in [6.07, 6.45) is 1.61. The predicted octanol–water partition coefficient (Wildman–Crippen LogP) is 4.47. The van der Waals surface area contributed by atoms with Crippen LogP contribution in [0.15, 0.2) is 36.5 Å². The monoisotopic (exact) mass is 333 g/mol. The Kier molecular flexibility index (Phi) is 5.11. The van der Waals surface area contributed by atoms with Gasteiger partial charge in [-0.25, -0.2) is 4.98 Å². The molecule has 1 amide bonds. The minimum atomic E-state index is -0.448. The zero-order valence-corrected chi connectivity index (χ0v) is 14.4. The summed E-state index contributed by atoms with van der Waals surface area (Å²) < 4.78 is 5.11. The lowest BCUT2D eigenvalue weighted by atomic mass is 9.96. The molecule has 0 aliphatic rings. The topological polar surface area (TPSA) is 63.2 Å². The first-order valence-electron chi connectivity index (χ1n) is 7.17. The summed E-state index contributed by atoms with van der Waals surface area (Å²) in [5.41, 5.74) is 1.01.